The van der Waals surface area contributed by atoms with Crippen LogP contribution in [-0.4, -0.2) is 17.9 Å². The van der Waals surface area contributed by atoms with Crippen LogP contribution in [0.1, 0.15) is 20.3 Å². The summed E-state index contributed by atoms with van der Waals surface area (Å²) >= 11 is 0. The van der Waals surface area contributed by atoms with Crippen molar-refractivity contribution in [3.63, 3.8) is 0 Å². The Labute approximate surface area is 100 Å². The number of hydrogen-bond donors (Lipinski definition) is 3. The molecule has 5 heteroatoms. The number of rotatable bonds is 4. The summed E-state index contributed by atoms with van der Waals surface area (Å²) in [6.07, 6.45) is 0.593. The minimum Gasteiger partial charge on any atom is -0.326 e. The fourth-order valence-electron chi connectivity index (χ4n) is 1.26. The van der Waals surface area contributed by atoms with Crippen molar-refractivity contribution >= 4 is 23.2 Å². The highest BCUT2D eigenvalue weighted by atomic mass is 16.2. The molecule has 4 N–H and O–H groups in total. The molecule has 0 heterocycles. The van der Waals surface area contributed by atoms with Crippen LogP contribution >= 0.6 is 0 Å². The number of carbonyl (C=O) groups excluding carboxylic acids is 2. The molecule has 0 unspecified atom stereocenters. The first kappa shape index (κ1) is 13.2. The molecule has 17 heavy (non-hydrogen) atoms. The third kappa shape index (κ3) is 4.24. The van der Waals surface area contributed by atoms with Gasteiger partial charge in [-0.1, -0.05) is 6.92 Å². The van der Waals surface area contributed by atoms with E-state index in [4.69, 9.17) is 5.73 Å². The van der Waals surface area contributed by atoms with Gasteiger partial charge in [-0.2, -0.15) is 0 Å². The molecule has 1 aromatic rings. The SMILES string of the molecule is CC[C@H](N)C(=O)Nc1ccc(NC(C)=O)cc1. The Morgan fingerprint density at radius 1 is 1.18 bits per heavy atom. The number of benzene rings is 1. The van der Waals surface area contributed by atoms with Crippen molar-refractivity contribution in [3.05, 3.63) is 24.3 Å². The monoisotopic (exact) mass is 235 g/mol. The zero-order valence-corrected chi connectivity index (χ0v) is 9.99. The maximum atomic E-state index is 11.5. The molecule has 0 aliphatic carbocycles. The van der Waals surface area contributed by atoms with E-state index in [2.05, 4.69) is 10.6 Å². The van der Waals surface area contributed by atoms with E-state index < -0.39 is 6.04 Å². The average molecular weight is 235 g/mol. The predicted octanol–water partition coefficient (Wildman–Crippen LogP) is 1.32. The first-order valence-electron chi connectivity index (χ1n) is 5.47. The maximum absolute atomic E-state index is 11.5. The average Bonchev–Trinajstić information content (AvgIpc) is 2.30. The Bertz CT molecular complexity index is 401. The van der Waals surface area contributed by atoms with E-state index in [1.54, 1.807) is 24.3 Å². The Balaban J connectivity index is 2.62. The number of nitrogens with one attached hydrogen (secondary N) is 2. The summed E-state index contributed by atoms with van der Waals surface area (Å²) in [5.41, 5.74) is 6.94. The Morgan fingerprint density at radius 3 is 2.06 bits per heavy atom. The van der Waals surface area contributed by atoms with E-state index in [0.717, 1.165) is 0 Å². The summed E-state index contributed by atoms with van der Waals surface area (Å²) in [4.78, 5) is 22.3. The van der Waals surface area contributed by atoms with Gasteiger partial charge in [-0.15, -0.1) is 0 Å². The normalized spacial score (nSPS) is 11.7. The first-order chi connectivity index (χ1) is 8.02. The summed E-state index contributed by atoms with van der Waals surface area (Å²) in [7, 11) is 0. The van der Waals surface area contributed by atoms with Crippen LogP contribution in [0, 0.1) is 0 Å². The molecule has 0 spiro atoms. The van der Waals surface area contributed by atoms with Crippen LogP contribution in [0.5, 0.6) is 0 Å². The summed E-state index contributed by atoms with van der Waals surface area (Å²) in [6.45, 7) is 3.29. The van der Waals surface area contributed by atoms with Gasteiger partial charge in [0.05, 0.1) is 6.04 Å². The number of nitrogens with two attached hydrogens (primary N) is 1. The second-order valence-corrected chi connectivity index (χ2v) is 3.76. The Hall–Kier alpha value is -1.88. The minimum absolute atomic E-state index is 0.130. The van der Waals surface area contributed by atoms with Gasteiger partial charge in [0.2, 0.25) is 11.8 Å². The summed E-state index contributed by atoms with van der Waals surface area (Å²) in [5.74, 6) is -0.338. The lowest BCUT2D eigenvalue weighted by molar-refractivity contribution is -0.117. The molecule has 5 nitrogen and oxygen atoms in total. The largest absolute Gasteiger partial charge is 0.326 e. The topological polar surface area (TPSA) is 84.2 Å². The smallest absolute Gasteiger partial charge is 0.241 e. The molecule has 0 aliphatic heterocycles. The second kappa shape index (κ2) is 6.00. The molecule has 0 fully saturated rings. The number of hydrogen-bond acceptors (Lipinski definition) is 3. The number of anilines is 2. The zero-order chi connectivity index (χ0) is 12.8. The summed E-state index contributed by atoms with van der Waals surface area (Å²) in [5, 5.41) is 5.34. The van der Waals surface area contributed by atoms with Crippen LogP contribution in [-0.2, 0) is 9.59 Å². The lowest BCUT2D eigenvalue weighted by Gasteiger charge is -2.10. The highest BCUT2D eigenvalue weighted by molar-refractivity contribution is 5.95. The van der Waals surface area contributed by atoms with E-state index in [9.17, 15) is 9.59 Å². The molecule has 0 saturated carbocycles. The van der Waals surface area contributed by atoms with Crippen molar-refractivity contribution in [2.75, 3.05) is 10.6 Å². The lowest BCUT2D eigenvalue weighted by Crippen LogP contribution is -2.34. The predicted molar refractivity (Wildman–Crippen MR) is 67.6 cm³/mol. The third-order valence-corrected chi connectivity index (χ3v) is 2.25. The van der Waals surface area contributed by atoms with Gasteiger partial charge in [0.1, 0.15) is 0 Å². The van der Waals surface area contributed by atoms with Crippen LogP contribution in [0.3, 0.4) is 0 Å². The van der Waals surface area contributed by atoms with E-state index >= 15 is 0 Å². The van der Waals surface area contributed by atoms with Crippen LogP contribution in [0.2, 0.25) is 0 Å². The van der Waals surface area contributed by atoms with Crippen LogP contribution in [0.4, 0.5) is 11.4 Å². The fourth-order valence-corrected chi connectivity index (χ4v) is 1.26. The Kier molecular flexibility index (Phi) is 4.66. The Morgan fingerprint density at radius 2 is 1.65 bits per heavy atom. The van der Waals surface area contributed by atoms with E-state index in [-0.39, 0.29) is 11.8 Å². The molecule has 0 saturated heterocycles. The maximum Gasteiger partial charge on any atom is 0.241 e. The van der Waals surface area contributed by atoms with Crippen molar-refractivity contribution in [1.29, 1.82) is 0 Å². The van der Waals surface area contributed by atoms with Gasteiger partial charge in [0, 0.05) is 18.3 Å². The molecular formula is C12H17N3O2. The molecule has 0 radical (unpaired) electrons. The van der Waals surface area contributed by atoms with Gasteiger partial charge >= 0.3 is 0 Å². The molecule has 0 aromatic heterocycles. The summed E-state index contributed by atoms with van der Waals surface area (Å²) < 4.78 is 0. The standard InChI is InChI=1S/C12H17N3O2/c1-3-11(13)12(17)15-10-6-4-9(5-7-10)14-8(2)16/h4-7,11H,3,13H2,1-2H3,(H,14,16)(H,15,17)/t11-/m0/s1. The molecule has 0 aliphatic rings. The second-order valence-electron chi connectivity index (χ2n) is 3.76. The lowest BCUT2D eigenvalue weighted by atomic mass is 10.2. The molecule has 0 bridgehead atoms. The molecular weight excluding hydrogens is 218 g/mol. The third-order valence-electron chi connectivity index (χ3n) is 2.25. The van der Waals surface area contributed by atoms with Gasteiger partial charge in [-0.05, 0) is 30.7 Å². The van der Waals surface area contributed by atoms with Crippen LogP contribution in [0.25, 0.3) is 0 Å². The van der Waals surface area contributed by atoms with E-state index in [1.165, 1.54) is 6.92 Å². The van der Waals surface area contributed by atoms with Gasteiger partial charge in [0.25, 0.3) is 0 Å². The molecule has 1 aromatic carbocycles. The summed E-state index contributed by atoms with van der Waals surface area (Å²) in [6, 6.07) is 6.37. The minimum atomic E-state index is -0.495. The van der Waals surface area contributed by atoms with Gasteiger partial charge < -0.3 is 16.4 Å². The van der Waals surface area contributed by atoms with Crippen molar-refractivity contribution in [2.24, 2.45) is 5.73 Å². The van der Waals surface area contributed by atoms with Gasteiger partial charge in [0.15, 0.2) is 0 Å². The van der Waals surface area contributed by atoms with Gasteiger partial charge in [-0.3, -0.25) is 9.59 Å². The molecule has 1 rings (SSSR count). The van der Waals surface area contributed by atoms with E-state index in [1.807, 2.05) is 6.92 Å². The highest BCUT2D eigenvalue weighted by Gasteiger charge is 2.10. The van der Waals surface area contributed by atoms with Crippen molar-refractivity contribution in [1.82, 2.24) is 0 Å². The molecule has 2 amide bonds. The quantitative estimate of drug-likeness (QED) is 0.735. The van der Waals surface area contributed by atoms with Crippen LogP contribution < -0.4 is 16.4 Å². The van der Waals surface area contributed by atoms with Crippen molar-refractivity contribution in [2.45, 2.75) is 26.3 Å². The number of carbonyl (C=O) groups is 2. The van der Waals surface area contributed by atoms with Crippen LogP contribution in [0.15, 0.2) is 24.3 Å². The fraction of sp³-hybridized carbons (Fsp3) is 0.333. The van der Waals surface area contributed by atoms with Crippen molar-refractivity contribution in [3.8, 4) is 0 Å². The van der Waals surface area contributed by atoms with Gasteiger partial charge in [-0.25, -0.2) is 0 Å². The molecule has 1 atom stereocenters. The molecule has 92 valence electrons. The van der Waals surface area contributed by atoms with E-state index in [0.29, 0.717) is 17.8 Å². The van der Waals surface area contributed by atoms with Crippen molar-refractivity contribution < 1.29 is 9.59 Å². The zero-order valence-electron chi connectivity index (χ0n) is 9.99. The first-order valence-corrected chi connectivity index (χ1v) is 5.47. The number of amides is 2. The highest BCUT2D eigenvalue weighted by Crippen LogP contribution is 2.13.